The van der Waals surface area contributed by atoms with Crippen molar-refractivity contribution < 1.29 is 9.47 Å². The van der Waals surface area contributed by atoms with Gasteiger partial charge in [0, 0.05) is 19.0 Å². The Morgan fingerprint density at radius 1 is 1.21 bits per heavy atom. The van der Waals surface area contributed by atoms with Crippen molar-refractivity contribution in [3.8, 4) is 35.3 Å². The predicted molar refractivity (Wildman–Crippen MR) is 102 cm³/mol. The summed E-state index contributed by atoms with van der Waals surface area (Å²) in [5.41, 5.74) is 6.04. The number of nitrogens with zero attached hydrogens (tertiary/aromatic N) is 1. The number of benzene rings is 1. The van der Waals surface area contributed by atoms with Crippen LogP contribution in [0.5, 0.6) is 11.5 Å². The molecule has 0 bridgehead atoms. The molecule has 2 rings (SSSR count). The van der Waals surface area contributed by atoms with E-state index in [0.29, 0.717) is 6.54 Å². The second-order valence-electron chi connectivity index (χ2n) is 7.10. The molecule has 0 saturated carbocycles. The van der Waals surface area contributed by atoms with Gasteiger partial charge in [-0.1, -0.05) is 25.6 Å². The number of terminal acetylenes is 1. The maximum Gasteiger partial charge on any atom is 0.161 e. The molecule has 0 spiro atoms. The summed E-state index contributed by atoms with van der Waals surface area (Å²) >= 11 is 0. The Hall–Kier alpha value is -1.88. The maximum atomic E-state index is 5.58. The Balaban J connectivity index is 2.41. The highest BCUT2D eigenvalue weighted by atomic mass is 28.3. The summed E-state index contributed by atoms with van der Waals surface area (Å²) in [6.45, 7) is 8.39. The number of fused-ring (bicyclic) bond motifs is 1. The minimum atomic E-state index is -1.37. The summed E-state index contributed by atoms with van der Waals surface area (Å²) in [4.78, 5) is 2.34. The highest BCUT2D eigenvalue weighted by Gasteiger charge is 2.28. The van der Waals surface area contributed by atoms with Crippen LogP contribution in [-0.2, 0) is 6.42 Å². The summed E-state index contributed by atoms with van der Waals surface area (Å²) in [5.74, 6) is 7.76. The van der Waals surface area contributed by atoms with Crippen LogP contribution in [0.1, 0.15) is 23.6 Å². The van der Waals surface area contributed by atoms with Gasteiger partial charge in [0.2, 0.25) is 0 Å². The van der Waals surface area contributed by atoms with Gasteiger partial charge in [0.05, 0.1) is 20.8 Å². The van der Waals surface area contributed by atoms with E-state index in [4.69, 9.17) is 15.9 Å². The number of ether oxygens (including phenoxy) is 2. The fraction of sp³-hybridized carbons (Fsp3) is 0.500. The normalized spacial score (nSPS) is 17.2. The molecule has 0 saturated heterocycles. The van der Waals surface area contributed by atoms with Crippen molar-refractivity contribution >= 4 is 8.07 Å². The highest BCUT2D eigenvalue weighted by Crippen LogP contribution is 2.39. The Morgan fingerprint density at radius 2 is 1.88 bits per heavy atom. The van der Waals surface area contributed by atoms with Crippen molar-refractivity contribution in [2.75, 3.05) is 27.3 Å². The zero-order valence-electron chi connectivity index (χ0n) is 15.4. The molecule has 0 radical (unpaired) electrons. The van der Waals surface area contributed by atoms with Gasteiger partial charge in [-0.25, -0.2) is 0 Å². The van der Waals surface area contributed by atoms with Crippen LogP contribution in [0, 0.1) is 23.8 Å². The van der Waals surface area contributed by atoms with E-state index < -0.39 is 8.07 Å². The van der Waals surface area contributed by atoms with Gasteiger partial charge in [-0.05, 0) is 29.7 Å². The van der Waals surface area contributed by atoms with Crippen LogP contribution < -0.4 is 9.47 Å². The Kier molecular flexibility index (Phi) is 5.99. The molecule has 0 amide bonds. The van der Waals surface area contributed by atoms with Gasteiger partial charge in [0.25, 0.3) is 0 Å². The monoisotopic (exact) mass is 341 g/mol. The van der Waals surface area contributed by atoms with Crippen LogP contribution in [0.15, 0.2) is 12.1 Å². The summed E-state index contributed by atoms with van der Waals surface area (Å²) < 4.78 is 10.9. The first kappa shape index (κ1) is 18.5. The third-order valence-corrected chi connectivity index (χ3v) is 5.09. The van der Waals surface area contributed by atoms with Crippen molar-refractivity contribution in [2.24, 2.45) is 0 Å². The molecule has 1 heterocycles. The van der Waals surface area contributed by atoms with Gasteiger partial charge in [0.15, 0.2) is 11.5 Å². The molecule has 128 valence electrons. The van der Waals surface area contributed by atoms with Gasteiger partial charge in [0.1, 0.15) is 8.07 Å². The third-order valence-electron chi connectivity index (χ3n) is 4.17. The average molecular weight is 342 g/mol. The summed E-state index contributed by atoms with van der Waals surface area (Å²) in [6.07, 6.45) is 7.34. The van der Waals surface area contributed by atoms with Crippen LogP contribution in [-0.4, -0.2) is 40.3 Å². The zero-order valence-corrected chi connectivity index (χ0v) is 16.4. The van der Waals surface area contributed by atoms with E-state index in [1.807, 2.05) is 0 Å². The molecule has 1 unspecified atom stereocenters. The standard InChI is InChI=1S/C20H27NO2Si/c1-7-11-21-12-10-16-14-19(22-2)20(23-3)15-17(16)18(21)9-8-13-24(4,5)6/h1,14-15,18H,9-12H2,2-6H3. The van der Waals surface area contributed by atoms with Crippen molar-refractivity contribution in [2.45, 2.75) is 38.5 Å². The zero-order chi connectivity index (χ0) is 17.7. The highest BCUT2D eigenvalue weighted by molar-refractivity contribution is 6.83. The molecule has 1 aliphatic heterocycles. The Labute approximate surface area is 147 Å². The quantitative estimate of drug-likeness (QED) is 0.618. The molecule has 24 heavy (non-hydrogen) atoms. The second-order valence-corrected chi connectivity index (χ2v) is 11.9. The van der Waals surface area contributed by atoms with Crippen LogP contribution in [0.3, 0.4) is 0 Å². The van der Waals surface area contributed by atoms with Gasteiger partial charge >= 0.3 is 0 Å². The second kappa shape index (κ2) is 7.79. The molecule has 1 aromatic carbocycles. The van der Waals surface area contributed by atoms with Crippen LogP contribution >= 0.6 is 0 Å². The summed E-state index contributed by atoms with van der Waals surface area (Å²) in [7, 11) is 1.98. The van der Waals surface area contributed by atoms with E-state index in [-0.39, 0.29) is 6.04 Å². The van der Waals surface area contributed by atoms with E-state index in [1.165, 1.54) is 11.1 Å². The molecule has 1 aromatic rings. The maximum absolute atomic E-state index is 5.58. The lowest BCUT2D eigenvalue weighted by atomic mass is 9.90. The molecular weight excluding hydrogens is 314 g/mol. The number of rotatable bonds is 4. The molecule has 3 nitrogen and oxygen atoms in total. The van der Waals surface area contributed by atoms with Crippen molar-refractivity contribution in [3.05, 3.63) is 23.3 Å². The van der Waals surface area contributed by atoms with Gasteiger partial charge in [-0.15, -0.1) is 17.9 Å². The predicted octanol–water partition coefficient (Wildman–Crippen LogP) is 3.51. The van der Waals surface area contributed by atoms with E-state index in [9.17, 15) is 0 Å². The number of hydrogen-bond acceptors (Lipinski definition) is 3. The van der Waals surface area contributed by atoms with Crippen molar-refractivity contribution in [3.63, 3.8) is 0 Å². The molecular formula is C20H27NO2Si. The smallest absolute Gasteiger partial charge is 0.161 e. The first-order chi connectivity index (χ1) is 11.4. The van der Waals surface area contributed by atoms with Crippen LogP contribution in [0.25, 0.3) is 0 Å². The topological polar surface area (TPSA) is 21.7 Å². The van der Waals surface area contributed by atoms with Gasteiger partial charge in [-0.3, -0.25) is 4.90 Å². The average Bonchev–Trinajstić information content (AvgIpc) is 2.54. The van der Waals surface area contributed by atoms with Crippen LogP contribution in [0.2, 0.25) is 19.6 Å². The first-order valence-corrected chi connectivity index (χ1v) is 11.8. The fourth-order valence-electron chi connectivity index (χ4n) is 3.04. The van der Waals surface area contributed by atoms with Gasteiger partial charge < -0.3 is 9.47 Å². The molecule has 0 aliphatic carbocycles. The molecule has 4 heteroatoms. The van der Waals surface area contributed by atoms with E-state index in [2.05, 4.69) is 54.1 Å². The Bertz CT molecular complexity index is 689. The summed E-state index contributed by atoms with van der Waals surface area (Å²) in [5, 5.41) is 0. The number of hydrogen-bond donors (Lipinski definition) is 0. The van der Waals surface area contributed by atoms with Gasteiger partial charge in [-0.2, -0.15) is 0 Å². The van der Waals surface area contributed by atoms with Crippen molar-refractivity contribution in [1.29, 1.82) is 0 Å². The number of methoxy groups -OCH3 is 2. The molecule has 0 aromatic heterocycles. The first-order valence-electron chi connectivity index (χ1n) is 8.32. The minimum Gasteiger partial charge on any atom is -0.493 e. The van der Waals surface area contributed by atoms with E-state index in [0.717, 1.165) is 30.9 Å². The SMILES string of the molecule is C#CCN1CCc2cc(OC)c(OC)cc2C1CC#C[Si](C)(C)C. The lowest BCUT2D eigenvalue weighted by Gasteiger charge is -2.35. The molecule has 0 fully saturated rings. The fourth-order valence-corrected chi connectivity index (χ4v) is 3.67. The largest absolute Gasteiger partial charge is 0.493 e. The lowest BCUT2D eigenvalue weighted by Crippen LogP contribution is -2.35. The molecule has 1 atom stereocenters. The van der Waals surface area contributed by atoms with Crippen LogP contribution in [0.4, 0.5) is 0 Å². The third kappa shape index (κ3) is 4.35. The van der Waals surface area contributed by atoms with E-state index >= 15 is 0 Å². The minimum absolute atomic E-state index is 0.216. The van der Waals surface area contributed by atoms with Crippen molar-refractivity contribution in [1.82, 2.24) is 4.90 Å². The molecule has 1 aliphatic rings. The molecule has 0 N–H and O–H groups in total. The van der Waals surface area contributed by atoms with E-state index in [1.54, 1.807) is 14.2 Å². The lowest BCUT2D eigenvalue weighted by molar-refractivity contribution is 0.211. The Morgan fingerprint density at radius 3 is 2.46 bits per heavy atom. The summed E-state index contributed by atoms with van der Waals surface area (Å²) in [6, 6.07) is 4.41.